The van der Waals surface area contributed by atoms with E-state index in [9.17, 15) is 19.2 Å². The molecule has 14 nitrogen and oxygen atoms in total. The number of nitrogens with zero attached hydrogens (tertiary/aromatic N) is 4. The van der Waals surface area contributed by atoms with Crippen LogP contribution in [-0.4, -0.2) is 51.7 Å². The van der Waals surface area contributed by atoms with E-state index in [-0.39, 0.29) is 34.8 Å². The van der Waals surface area contributed by atoms with Gasteiger partial charge in [0.2, 0.25) is 23.7 Å². The molecule has 4 aromatic rings. The second kappa shape index (κ2) is 25.6. The van der Waals surface area contributed by atoms with Crippen molar-refractivity contribution in [2.45, 2.75) is 169 Å². The zero-order valence-electron chi connectivity index (χ0n) is 33.3. The van der Waals surface area contributed by atoms with Crippen LogP contribution in [0.1, 0.15) is 169 Å². The Hall–Kier alpha value is -4.36. The molecule has 4 rings (SSSR count). The maximum absolute atomic E-state index is 12.0. The lowest BCUT2D eigenvalue weighted by molar-refractivity contribution is -0.117. The molecule has 0 fully saturated rings. The minimum Gasteiger partial charge on any atom is -0.339 e. The molecule has 300 valence electrons. The number of nitrogens with one attached hydrogen (secondary N) is 6. The van der Waals surface area contributed by atoms with E-state index in [0.29, 0.717) is 35.2 Å². The molecule has 0 aliphatic heterocycles. The van der Waals surface area contributed by atoms with Crippen molar-refractivity contribution in [3.8, 4) is 0 Å². The normalized spacial score (nSPS) is 11.4. The quantitative estimate of drug-likeness (QED) is 0.0340. The van der Waals surface area contributed by atoms with Crippen LogP contribution in [-0.2, 0) is 9.59 Å². The van der Waals surface area contributed by atoms with Crippen molar-refractivity contribution in [3.05, 3.63) is 33.4 Å². The lowest BCUT2D eigenvalue weighted by Crippen LogP contribution is -2.18. The van der Waals surface area contributed by atoms with Crippen molar-refractivity contribution in [3.63, 3.8) is 0 Å². The Morgan fingerprint density at radius 2 is 0.833 bits per heavy atom. The van der Waals surface area contributed by atoms with Gasteiger partial charge in [-0.15, -0.1) is 0 Å². The number of imidazole rings is 2. The average molecular weight is 751 g/mol. The average Bonchev–Trinajstić information content (AvgIpc) is 3.80. The minimum absolute atomic E-state index is 0.127. The number of hydrogen-bond acceptors (Lipinski definition) is 8. The predicted octanol–water partition coefficient (Wildman–Crippen LogP) is 9.06. The molecule has 4 aromatic heterocycles. The zero-order chi connectivity index (χ0) is 39.0. The Bertz CT molecular complexity index is 1630. The van der Waals surface area contributed by atoms with Crippen LogP contribution in [0.2, 0.25) is 0 Å². The van der Waals surface area contributed by atoms with E-state index < -0.39 is 0 Å². The number of hydrogen-bond donors (Lipinski definition) is 6. The molecule has 0 saturated carbocycles. The van der Waals surface area contributed by atoms with Crippen LogP contribution in [0.15, 0.2) is 22.2 Å². The Labute approximate surface area is 319 Å². The topological polar surface area (TPSA) is 207 Å². The van der Waals surface area contributed by atoms with Crippen LogP contribution in [0.4, 0.5) is 11.9 Å². The van der Waals surface area contributed by atoms with Gasteiger partial charge in [-0.1, -0.05) is 143 Å². The van der Waals surface area contributed by atoms with Crippen molar-refractivity contribution in [2.75, 3.05) is 10.6 Å². The van der Waals surface area contributed by atoms with E-state index >= 15 is 0 Å². The fraction of sp³-hybridized carbons (Fsp3) is 0.700. The molecule has 6 N–H and O–H groups in total. The Morgan fingerprint density at radius 1 is 0.519 bits per heavy atom. The second-order valence-electron chi connectivity index (χ2n) is 15.4. The van der Waals surface area contributed by atoms with Gasteiger partial charge in [0.1, 0.15) is 0 Å². The van der Waals surface area contributed by atoms with Gasteiger partial charge in [0, 0.05) is 12.8 Å². The summed E-state index contributed by atoms with van der Waals surface area (Å²) < 4.78 is 0. The number of carbonyl (C=O) groups is 2. The van der Waals surface area contributed by atoms with Gasteiger partial charge < -0.3 is 9.97 Å². The Balaban J connectivity index is 0.000000290. The molecule has 0 atom stereocenters. The molecule has 4 heterocycles. The van der Waals surface area contributed by atoms with Crippen LogP contribution in [0.25, 0.3) is 22.3 Å². The molecule has 0 bridgehead atoms. The van der Waals surface area contributed by atoms with E-state index in [1.165, 1.54) is 115 Å². The Kier molecular flexibility index (Phi) is 20.9. The first-order chi connectivity index (χ1) is 26.1. The van der Waals surface area contributed by atoms with E-state index in [1.54, 1.807) is 0 Å². The highest BCUT2D eigenvalue weighted by atomic mass is 16.2. The van der Waals surface area contributed by atoms with Crippen molar-refractivity contribution in [1.82, 2.24) is 39.9 Å². The maximum Gasteiger partial charge on any atom is 0.278 e. The van der Waals surface area contributed by atoms with Gasteiger partial charge in [-0.3, -0.25) is 39.8 Å². The number of carbonyl (C=O) groups excluding carboxylic acids is 2. The summed E-state index contributed by atoms with van der Waals surface area (Å²) in [6.07, 6.45) is 28.4. The molecule has 0 saturated heterocycles. The van der Waals surface area contributed by atoms with Crippen molar-refractivity contribution in [1.29, 1.82) is 0 Å². The predicted molar refractivity (Wildman–Crippen MR) is 218 cm³/mol. The lowest BCUT2D eigenvalue weighted by Gasteiger charge is -2.05. The molecule has 54 heavy (non-hydrogen) atoms. The number of unbranched alkanes of at least 4 members (excludes halogenated alkanes) is 16. The summed E-state index contributed by atoms with van der Waals surface area (Å²) in [6, 6.07) is 0. The van der Waals surface area contributed by atoms with Crippen molar-refractivity contribution < 1.29 is 9.59 Å². The highest BCUT2D eigenvalue weighted by molar-refractivity contribution is 5.90. The van der Waals surface area contributed by atoms with Crippen LogP contribution in [0.3, 0.4) is 0 Å². The molecular weight excluding hydrogens is 685 g/mol. The number of amides is 2. The van der Waals surface area contributed by atoms with Gasteiger partial charge >= 0.3 is 0 Å². The van der Waals surface area contributed by atoms with Gasteiger partial charge in [-0.2, -0.15) is 9.97 Å². The summed E-state index contributed by atoms with van der Waals surface area (Å²) in [5.41, 5.74) is 0.561. The van der Waals surface area contributed by atoms with Gasteiger partial charge in [0.15, 0.2) is 22.3 Å². The summed E-state index contributed by atoms with van der Waals surface area (Å²) in [7, 11) is 0. The standard InChI is InChI=1S/2C20H33N5O2/c2*1-15(2)12-10-8-6-4-3-5-7-9-11-13-16(26)23-20-24-18-17(19(27)25-20)21-14-22-18/h2*14-15H,3-13H2,1-2H3,(H3,21,22,23,24,25,26,27). The summed E-state index contributed by atoms with van der Waals surface area (Å²) in [5, 5.41) is 5.29. The molecule has 0 radical (unpaired) electrons. The van der Waals surface area contributed by atoms with E-state index in [2.05, 4.69) is 78.2 Å². The third-order valence-corrected chi connectivity index (χ3v) is 9.48. The molecule has 0 aliphatic rings. The third-order valence-electron chi connectivity index (χ3n) is 9.48. The fourth-order valence-electron chi connectivity index (χ4n) is 6.34. The molecule has 0 spiro atoms. The zero-order valence-corrected chi connectivity index (χ0v) is 33.3. The van der Waals surface area contributed by atoms with Crippen LogP contribution in [0.5, 0.6) is 0 Å². The van der Waals surface area contributed by atoms with Gasteiger partial charge in [0.25, 0.3) is 11.1 Å². The van der Waals surface area contributed by atoms with E-state index in [4.69, 9.17) is 0 Å². The lowest BCUT2D eigenvalue weighted by atomic mass is 10.0. The molecule has 14 heteroatoms. The third kappa shape index (κ3) is 18.1. The number of anilines is 2. The number of fused-ring (bicyclic) bond motifs is 2. The number of aromatic amines is 4. The van der Waals surface area contributed by atoms with Crippen LogP contribution in [0, 0.1) is 11.8 Å². The highest BCUT2D eigenvalue weighted by Crippen LogP contribution is 2.15. The maximum atomic E-state index is 12.0. The highest BCUT2D eigenvalue weighted by Gasteiger charge is 2.10. The second-order valence-corrected chi connectivity index (χ2v) is 15.4. The molecule has 0 unspecified atom stereocenters. The number of rotatable bonds is 26. The first-order valence-corrected chi connectivity index (χ1v) is 20.6. The minimum atomic E-state index is -0.336. The summed E-state index contributed by atoms with van der Waals surface area (Å²) in [6.45, 7) is 9.14. The van der Waals surface area contributed by atoms with Crippen molar-refractivity contribution in [2.24, 2.45) is 11.8 Å². The smallest absolute Gasteiger partial charge is 0.278 e. The molecule has 2 amide bonds. The van der Waals surface area contributed by atoms with Gasteiger partial charge in [-0.05, 0) is 24.7 Å². The van der Waals surface area contributed by atoms with Crippen LogP contribution < -0.4 is 21.8 Å². The largest absolute Gasteiger partial charge is 0.339 e. The molecule has 0 aromatic carbocycles. The first-order valence-electron chi connectivity index (χ1n) is 20.6. The number of H-pyrrole nitrogens is 4. The van der Waals surface area contributed by atoms with E-state index in [1.807, 2.05) is 0 Å². The summed E-state index contributed by atoms with van der Waals surface area (Å²) >= 11 is 0. The van der Waals surface area contributed by atoms with Crippen LogP contribution >= 0.6 is 0 Å². The summed E-state index contributed by atoms with van der Waals surface area (Å²) in [4.78, 5) is 74.2. The fourth-order valence-corrected chi connectivity index (χ4v) is 6.34. The SMILES string of the molecule is CC(C)CCCCCCCCCCCC(=O)Nc1nc2nc[nH]c2c(=O)[nH]1.CC(C)CCCCCCCCCCCC(=O)Nc1nc2nc[nH]c2c(=O)[nH]1. The molecular formula is C40H66N10O4. The van der Waals surface area contributed by atoms with Gasteiger partial charge in [-0.25, -0.2) is 9.97 Å². The Morgan fingerprint density at radius 3 is 1.17 bits per heavy atom. The first kappa shape index (κ1) is 44.0. The molecule has 0 aliphatic carbocycles. The van der Waals surface area contributed by atoms with Crippen molar-refractivity contribution >= 4 is 46.0 Å². The monoisotopic (exact) mass is 751 g/mol. The van der Waals surface area contributed by atoms with E-state index in [0.717, 1.165) is 37.5 Å². The number of aromatic nitrogens is 8. The summed E-state index contributed by atoms with van der Waals surface area (Å²) in [5.74, 6) is 1.71. The van der Waals surface area contributed by atoms with Gasteiger partial charge in [0.05, 0.1) is 12.7 Å².